The van der Waals surface area contributed by atoms with Crippen LogP contribution in [0.3, 0.4) is 0 Å². The van der Waals surface area contributed by atoms with Crippen LogP contribution < -0.4 is 5.73 Å². The Kier molecular flexibility index (Phi) is 3.34. The molecule has 0 unspecified atom stereocenters. The Labute approximate surface area is 113 Å². The van der Waals surface area contributed by atoms with Crippen LogP contribution in [0.15, 0.2) is 27.5 Å². The Morgan fingerprint density at radius 1 is 1.42 bits per heavy atom. The SMILES string of the molecule is NCCc1cn(Cc2noc(-c3ccsc3)n2)nn1. The zero-order valence-electron chi connectivity index (χ0n) is 10.1. The third kappa shape index (κ3) is 2.69. The zero-order chi connectivity index (χ0) is 13.1. The number of aromatic nitrogens is 5. The average Bonchev–Trinajstić information content (AvgIpc) is 3.10. The van der Waals surface area contributed by atoms with Gasteiger partial charge in [0.05, 0.1) is 11.3 Å². The minimum Gasteiger partial charge on any atom is -0.334 e. The number of nitrogens with zero attached hydrogens (tertiary/aromatic N) is 5. The Bertz CT molecular complexity index is 644. The molecule has 0 bridgehead atoms. The molecule has 3 rings (SSSR count). The van der Waals surface area contributed by atoms with Crippen molar-refractivity contribution in [3.8, 4) is 11.5 Å². The molecule has 0 aliphatic heterocycles. The Hall–Kier alpha value is -2.06. The normalized spacial score (nSPS) is 11.0. The highest BCUT2D eigenvalue weighted by Crippen LogP contribution is 2.19. The van der Waals surface area contributed by atoms with Gasteiger partial charge in [0.25, 0.3) is 5.89 Å². The monoisotopic (exact) mass is 276 g/mol. The number of thiophene rings is 1. The smallest absolute Gasteiger partial charge is 0.258 e. The van der Waals surface area contributed by atoms with Crippen LogP contribution in [0.25, 0.3) is 11.5 Å². The summed E-state index contributed by atoms with van der Waals surface area (Å²) in [7, 11) is 0. The Morgan fingerprint density at radius 3 is 3.16 bits per heavy atom. The second-order valence-electron chi connectivity index (χ2n) is 3.97. The van der Waals surface area contributed by atoms with Crippen LogP contribution in [-0.2, 0) is 13.0 Å². The first-order chi connectivity index (χ1) is 9.35. The van der Waals surface area contributed by atoms with Gasteiger partial charge >= 0.3 is 0 Å². The fraction of sp³-hybridized carbons (Fsp3) is 0.273. The predicted octanol–water partition coefficient (Wildman–Crippen LogP) is 0.939. The summed E-state index contributed by atoms with van der Waals surface area (Å²) in [4.78, 5) is 4.32. The topological polar surface area (TPSA) is 95.7 Å². The van der Waals surface area contributed by atoms with Crippen LogP contribution in [-0.4, -0.2) is 31.7 Å². The van der Waals surface area contributed by atoms with E-state index >= 15 is 0 Å². The standard InChI is InChI=1S/C11H12N6OS/c12-3-1-9-5-17(16-14-9)6-10-13-11(18-15-10)8-2-4-19-7-8/h2,4-5,7H,1,3,6,12H2. The van der Waals surface area contributed by atoms with Crippen molar-refractivity contribution in [2.45, 2.75) is 13.0 Å². The number of hydrogen-bond donors (Lipinski definition) is 1. The summed E-state index contributed by atoms with van der Waals surface area (Å²) in [5, 5.41) is 15.9. The van der Waals surface area contributed by atoms with E-state index in [4.69, 9.17) is 10.3 Å². The van der Waals surface area contributed by atoms with Gasteiger partial charge in [-0.25, -0.2) is 4.68 Å². The lowest BCUT2D eigenvalue weighted by atomic mass is 10.3. The predicted molar refractivity (Wildman–Crippen MR) is 69.5 cm³/mol. The molecule has 3 aromatic rings. The molecule has 19 heavy (non-hydrogen) atoms. The van der Waals surface area contributed by atoms with Gasteiger partial charge in [-0.2, -0.15) is 16.3 Å². The summed E-state index contributed by atoms with van der Waals surface area (Å²) in [6.45, 7) is 0.994. The van der Waals surface area contributed by atoms with Gasteiger partial charge in [0, 0.05) is 18.0 Å². The van der Waals surface area contributed by atoms with Crippen molar-refractivity contribution in [2.24, 2.45) is 5.73 Å². The maximum absolute atomic E-state index is 5.46. The molecule has 0 saturated heterocycles. The fourth-order valence-corrected chi connectivity index (χ4v) is 2.27. The summed E-state index contributed by atoms with van der Waals surface area (Å²) < 4.78 is 6.87. The van der Waals surface area contributed by atoms with Crippen molar-refractivity contribution in [1.29, 1.82) is 0 Å². The lowest BCUT2D eigenvalue weighted by Crippen LogP contribution is -2.03. The summed E-state index contributed by atoms with van der Waals surface area (Å²) in [6, 6.07) is 1.94. The number of nitrogens with two attached hydrogens (primary N) is 1. The molecule has 3 heterocycles. The van der Waals surface area contributed by atoms with Crippen molar-refractivity contribution in [3.63, 3.8) is 0 Å². The first-order valence-electron chi connectivity index (χ1n) is 5.79. The van der Waals surface area contributed by atoms with Crippen LogP contribution in [0.1, 0.15) is 11.5 Å². The highest BCUT2D eigenvalue weighted by molar-refractivity contribution is 7.08. The maximum atomic E-state index is 5.46. The minimum absolute atomic E-state index is 0.436. The van der Waals surface area contributed by atoms with E-state index in [2.05, 4.69) is 20.5 Å². The van der Waals surface area contributed by atoms with E-state index in [1.165, 1.54) is 0 Å². The van der Waals surface area contributed by atoms with Gasteiger partial charge in [0.15, 0.2) is 5.82 Å². The van der Waals surface area contributed by atoms with Gasteiger partial charge in [-0.05, 0) is 18.0 Å². The van der Waals surface area contributed by atoms with Crippen LogP contribution in [0.2, 0.25) is 0 Å². The van der Waals surface area contributed by atoms with Gasteiger partial charge < -0.3 is 10.3 Å². The van der Waals surface area contributed by atoms with Crippen molar-refractivity contribution in [3.05, 3.63) is 34.5 Å². The summed E-state index contributed by atoms with van der Waals surface area (Å²) in [5.41, 5.74) is 7.27. The van der Waals surface area contributed by atoms with Gasteiger partial charge in [0.2, 0.25) is 0 Å². The summed E-state index contributed by atoms with van der Waals surface area (Å²) in [5.74, 6) is 1.10. The molecule has 0 aromatic carbocycles. The van der Waals surface area contributed by atoms with E-state index < -0.39 is 0 Å². The van der Waals surface area contributed by atoms with E-state index in [0.717, 1.165) is 11.3 Å². The van der Waals surface area contributed by atoms with Crippen molar-refractivity contribution >= 4 is 11.3 Å². The largest absolute Gasteiger partial charge is 0.334 e. The molecule has 7 nitrogen and oxygen atoms in total. The highest BCUT2D eigenvalue weighted by atomic mass is 32.1. The molecule has 0 aliphatic rings. The lowest BCUT2D eigenvalue weighted by Gasteiger charge is -1.92. The van der Waals surface area contributed by atoms with Crippen molar-refractivity contribution < 1.29 is 4.52 Å². The highest BCUT2D eigenvalue weighted by Gasteiger charge is 2.10. The first kappa shape index (κ1) is 12.0. The van der Waals surface area contributed by atoms with Crippen molar-refractivity contribution in [2.75, 3.05) is 6.54 Å². The molecule has 0 radical (unpaired) electrons. The number of hydrogen-bond acceptors (Lipinski definition) is 7. The molecule has 2 N–H and O–H groups in total. The third-order valence-corrected chi connectivity index (χ3v) is 3.21. The van der Waals surface area contributed by atoms with Crippen LogP contribution in [0.5, 0.6) is 0 Å². The van der Waals surface area contributed by atoms with E-state index in [1.807, 2.05) is 23.0 Å². The average molecular weight is 276 g/mol. The molecule has 0 spiro atoms. The van der Waals surface area contributed by atoms with E-state index in [0.29, 0.717) is 31.2 Å². The summed E-state index contributed by atoms with van der Waals surface area (Å²) >= 11 is 1.59. The van der Waals surface area contributed by atoms with E-state index in [9.17, 15) is 0 Å². The molecular formula is C11H12N6OS. The summed E-state index contributed by atoms with van der Waals surface area (Å²) in [6.07, 6.45) is 2.56. The van der Waals surface area contributed by atoms with E-state index in [-0.39, 0.29) is 0 Å². The van der Waals surface area contributed by atoms with Gasteiger partial charge in [-0.3, -0.25) is 0 Å². The lowest BCUT2D eigenvalue weighted by molar-refractivity contribution is 0.418. The molecule has 3 aromatic heterocycles. The molecule has 0 fully saturated rings. The fourth-order valence-electron chi connectivity index (χ4n) is 1.64. The number of rotatable bonds is 5. The van der Waals surface area contributed by atoms with Crippen molar-refractivity contribution in [1.82, 2.24) is 25.1 Å². The second kappa shape index (κ2) is 5.29. The third-order valence-electron chi connectivity index (χ3n) is 2.53. The minimum atomic E-state index is 0.436. The Balaban J connectivity index is 1.72. The molecule has 0 atom stereocenters. The van der Waals surface area contributed by atoms with Crippen LogP contribution in [0.4, 0.5) is 0 Å². The molecule has 0 aliphatic carbocycles. The maximum Gasteiger partial charge on any atom is 0.258 e. The van der Waals surface area contributed by atoms with E-state index in [1.54, 1.807) is 16.0 Å². The van der Waals surface area contributed by atoms with Crippen LogP contribution in [0, 0.1) is 0 Å². The second-order valence-corrected chi connectivity index (χ2v) is 4.75. The molecule has 0 amide bonds. The Morgan fingerprint density at radius 2 is 2.37 bits per heavy atom. The van der Waals surface area contributed by atoms with Gasteiger partial charge in [-0.15, -0.1) is 5.10 Å². The van der Waals surface area contributed by atoms with Gasteiger partial charge in [-0.1, -0.05) is 10.4 Å². The molecule has 98 valence electrons. The molecule has 8 heteroatoms. The molecular weight excluding hydrogens is 264 g/mol. The van der Waals surface area contributed by atoms with Gasteiger partial charge in [0.1, 0.15) is 6.54 Å². The quantitative estimate of drug-likeness (QED) is 0.745. The zero-order valence-corrected chi connectivity index (χ0v) is 10.9. The molecule has 0 saturated carbocycles. The first-order valence-corrected chi connectivity index (χ1v) is 6.73. The van der Waals surface area contributed by atoms with Crippen LogP contribution >= 0.6 is 11.3 Å².